The van der Waals surface area contributed by atoms with Crippen molar-refractivity contribution in [3.05, 3.63) is 29.3 Å². The van der Waals surface area contributed by atoms with Gasteiger partial charge < -0.3 is 10.8 Å². The van der Waals surface area contributed by atoms with Gasteiger partial charge >= 0.3 is 0 Å². The Bertz CT molecular complexity index is 353. The summed E-state index contributed by atoms with van der Waals surface area (Å²) < 4.78 is 0. The van der Waals surface area contributed by atoms with Gasteiger partial charge in [-0.3, -0.25) is 0 Å². The van der Waals surface area contributed by atoms with Crippen molar-refractivity contribution < 1.29 is 5.11 Å². The number of benzene rings is 1. The van der Waals surface area contributed by atoms with Crippen LogP contribution in [0.3, 0.4) is 0 Å². The SMILES string of the molecule is CC(C)c1ccc(O)c(C2(N)CC2)c1. The van der Waals surface area contributed by atoms with E-state index >= 15 is 0 Å². The Morgan fingerprint density at radius 3 is 2.50 bits per heavy atom. The molecule has 2 heteroatoms. The van der Waals surface area contributed by atoms with Crippen LogP contribution in [0.4, 0.5) is 0 Å². The molecule has 0 aromatic heterocycles. The molecule has 0 radical (unpaired) electrons. The van der Waals surface area contributed by atoms with Crippen LogP contribution in [-0.2, 0) is 5.54 Å². The molecule has 1 aromatic carbocycles. The van der Waals surface area contributed by atoms with Gasteiger partial charge in [-0.2, -0.15) is 0 Å². The Labute approximate surface area is 84.7 Å². The van der Waals surface area contributed by atoms with Gasteiger partial charge in [0.2, 0.25) is 0 Å². The van der Waals surface area contributed by atoms with E-state index in [9.17, 15) is 5.11 Å². The molecule has 0 aliphatic heterocycles. The summed E-state index contributed by atoms with van der Waals surface area (Å²) in [7, 11) is 0. The summed E-state index contributed by atoms with van der Waals surface area (Å²) in [4.78, 5) is 0. The van der Waals surface area contributed by atoms with E-state index in [0.717, 1.165) is 18.4 Å². The summed E-state index contributed by atoms with van der Waals surface area (Å²) in [6, 6.07) is 5.78. The number of hydrogen-bond acceptors (Lipinski definition) is 2. The van der Waals surface area contributed by atoms with Gasteiger partial charge in [-0.25, -0.2) is 0 Å². The van der Waals surface area contributed by atoms with Crippen molar-refractivity contribution in [2.45, 2.75) is 38.1 Å². The van der Waals surface area contributed by atoms with E-state index in [-0.39, 0.29) is 5.54 Å². The normalized spacial score (nSPS) is 18.6. The van der Waals surface area contributed by atoms with Crippen molar-refractivity contribution in [3.63, 3.8) is 0 Å². The van der Waals surface area contributed by atoms with Crippen LogP contribution in [0.1, 0.15) is 43.7 Å². The molecule has 0 bridgehead atoms. The number of nitrogens with two attached hydrogens (primary N) is 1. The zero-order chi connectivity index (χ0) is 10.3. The number of phenolic OH excluding ortho intramolecular Hbond substituents is 1. The van der Waals surface area contributed by atoms with E-state index in [1.165, 1.54) is 5.56 Å². The van der Waals surface area contributed by atoms with E-state index in [0.29, 0.717) is 11.7 Å². The average Bonchev–Trinajstić information content (AvgIpc) is 2.85. The number of phenols is 1. The fourth-order valence-corrected chi connectivity index (χ4v) is 1.72. The molecular formula is C12H17NO. The molecule has 14 heavy (non-hydrogen) atoms. The van der Waals surface area contributed by atoms with Crippen LogP contribution in [-0.4, -0.2) is 5.11 Å². The first-order chi connectivity index (χ1) is 6.53. The summed E-state index contributed by atoms with van der Waals surface area (Å²) >= 11 is 0. The van der Waals surface area contributed by atoms with Gasteiger partial charge in [-0.05, 0) is 36.5 Å². The maximum absolute atomic E-state index is 9.71. The lowest BCUT2D eigenvalue weighted by atomic mass is 9.96. The van der Waals surface area contributed by atoms with E-state index in [2.05, 4.69) is 13.8 Å². The van der Waals surface area contributed by atoms with Crippen molar-refractivity contribution in [2.75, 3.05) is 0 Å². The lowest BCUT2D eigenvalue weighted by molar-refractivity contribution is 0.459. The number of hydrogen-bond donors (Lipinski definition) is 2. The van der Waals surface area contributed by atoms with Gasteiger partial charge in [0.05, 0.1) is 0 Å². The minimum absolute atomic E-state index is 0.241. The van der Waals surface area contributed by atoms with Gasteiger partial charge in [-0.1, -0.05) is 19.9 Å². The van der Waals surface area contributed by atoms with Crippen LogP contribution in [0.5, 0.6) is 5.75 Å². The highest BCUT2D eigenvalue weighted by Gasteiger charge is 2.42. The highest BCUT2D eigenvalue weighted by Crippen LogP contribution is 2.46. The fraction of sp³-hybridized carbons (Fsp3) is 0.500. The molecular weight excluding hydrogens is 174 g/mol. The minimum Gasteiger partial charge on any atom is -0.508 e. The average molecular weight is 191 g/mol. The Hall–Kier alpha value is -1.02. The highest BCUT2D eigenvalue weighted by molar-refractivity contribution is 5.44. The molecule has 76 valence electrons. The number of rotatable bonds is 2. The van der Waals surface area contributed by atoms with E-state index in [1.54, 1.807) is 6.07 Å². The second-order valence-corrected chi connectivity index (χ2v) is 4.59. The van der Waals surface area contributed by atoms with Gasteiger partial charge in [0, 0.05) is 11.1 Å². The van der Waals surface area contributed by atoms with E-state index in [4.69, 9.17) is 5.73 Å². The standard InChI is InChI=1S/C12H17NO/c1-8(2)9-3-4-11(14)10(7-9)12(13)5-6-12/h3-4,7-8,14H,5-6,13H2,1-2H3. The Morgan fingerprint density at radius 2 is 2.00 bits per heavy atom. The molecule has 0 heterocycles. The van der Waals surface area contributed by atoms with Crippen molar-refractivity contribution >= 4 is 0 Å². The van der Waals surface area contributed by atoms with Crippen LogP contribution in [0, 0.1) is 0 Å². The molecule has 0 unspecified atom stereocenters. The lowest BCUT2D eigenvalue weighted by Gasteiger charge is -2.14. The second-order valence-electron chi connectivity index (χ2n) is 4.59. The van der Waals surface area contributed by atoms with E-state index in [1.807, 2.05) is 12.1 Å². The maximum Gasteiger partial charge on any atom is 0.120 e. The molecule has 0 atom stereocenters. The van der Waals surface area contributed by atoms with Crippen LogP contribution in [0.15, 0.2) is 18.2 Å². The predicted molar refractivity (Wildman–Crippen MR) is 57.3 cm³/mol. The molecule has 1 saturated carbocycles. The first-order valence-corrected chi connectivity index (χ1v) is 5.15. The van der Waals surface area contributed by atoms with Crippen LogP contribution < -0.4 is 5.73 Å². The summed E-state index contributed by atoms with van der Waals surface area (Å²) in [6.07, 6.45) is 1.98. The molecule has 2 nitrogen and oxygen atoms in total. The third-order valence-electron chi connectivity index (χ3n) is 3.01. The zero-order valence-corrected chi connectivity index (χ0v) is 8.75. The highest BCUT2D eigenvalue weighted by atomic mass is 16.3. The predicted octanol–water partition coefficient (Wildman–Crippen LogP) is 2.46. The molecule has 0 spiro atoms. The van der Waals surface area contributed by atoms with Gasteiger partial charge in [-0.15, -0.1) is 0 Å². The summed E-state index contributed by atoms with van der Waals surface area (Å²) in [5.41, 5.74) is 8.00. The summed E-state index contributed by atoms with van der Waals surface area (Å²) in [5.74, 6) is 0.825. The van der Waals surface area contributed by atoms with E-state index < -0.39 is 0 Å². The largest absolute Gasteiger partial charge is 0.508 e. The molecule has 1 aromatic rings. The monoisotopic (exact) mass is 191 g/mol. The molecule has 0 amide bonds. The first kappa shape index (κ1) is 9.53. The maximum atomic E-state index is 9.71. The lowest BCUT2D eigenvalue weighted by Crippen LogP contribution is -2.19. The third-order valence-corrected chi connectivity index (χ3v) is 3.01. The van der Waals surface area contributed by atoms with Gasteiger partial charge in [0.1, 0.15) is 5.75 Å². The fourth-order valence-electron chi connectivity index (χ4n) is 1.72. The molecule has 2 rings (SSSR count). The third kappa shape index (κ3) is 1.50. The first-order valence-electron chi connectivity index (χ1n) is 5.15. The van der Waals surface area contributed by atoms with Crippen LogP contribution in [0.25, 0.3) is 0 Å². The summed E-state index contributed by atoms with van der Waals surface area (Å²) in [6.45, 7) is 4.29. The minimum atomic E-state index is -0.241. The van der Waals surface area contributed by atoms with Crippen molar-refractivity contribution in [1.29, 1.82) is 0 Å². The van der Waals surface area contributed by atoms with Crippen LogP contribution >= 0.6 is 0 Å². The Kier molecular flexibility index (Phi) is 2.04. The molecule has 1 fully saturated rings. The smallest absolute Gasteiger partial charge is 0.120 e. The Morgan fingerprint density at radius 1 is 1.36 bits per heavy atom. The molecule has 1 aliphatic carbocycles. The van der Waals surface area contributed by atoms with Crippen molar-refractivity contribution in [2.24, 2.45) is 5.73 Å². The zero-order valence-electron chi connectivity index (χ0n) is 8.75. The second kappa shape index (κ2) is 2.99. The quantitative estimate of drug-likeness (QED) is 0.754. The summed E-state index contributed by atoms with van der Waals surface area (Å²) in [5, 5.41) is 9.71. The van der Waals surface area contributed by atoms with Crippen LogP contribution in [0.2, 0.25) is 0 Å². The molecule has 3 N–H and O–H groups in total. The van der Waals surface area contributed by atoms with Gasteiger partial charge in [0.15, 0.2) is 0 Å². The number of aromatic hydroxyl groups is 1. The van der Waals surface area contributed by atoms with Gasteiger partial charge in [0.25, 0.3) is 0 Å². The van der Waals surface area contributed by atoms with Crippen molar-refractivity contribution in [1.82, 2.24) is 0 Å². The Balaban J connectivity index is 2.43. The molecule has 0 saturated heterocycles. The topological polar surface area (TPSA) is 46.2 Å². The molecule has 1 aliphatic rings. The van der Waals surface area contributed by atoms with Crippen molar-refractivity contribution in [3.8, 4) is 5.75 Å².